The highest BCUT2D eigenvalue weighted by Crippen LogP contribution is 2.25. The van der Waals surface area contributed by atoms with E-state index in [2.05, 4.69) is 55.5 Å². The second kappa shape index (κ2) is 18.7. The van der Waals surface area contributed by atoms with Gasteiger partial charge in [0.05, 0.1) is 0 Å². The van der Waals surface area contributed by atoms with Crippen molar-refractivity contribution < 1.29 is 15.0 Å². The number of likely N-dealkylation sites (N-methyl/N-ethyl adjacent to an activating group) is 1. The van der Waals surface area contributed by atoms with Crippen LogP contribution in [0.25, 0.3) is 0 Å². The molecule has 4 nitrogen and oxygen atoms in total. The Balaban J connectivity index is 2.12. The second-order valence-electron chi connectivity index (χ2n) is 8.86. The Labute approximate surface area is 207 Å². The number of nitrogens with zero attached hydrogens (tertiary/aromatic N) is 1. The first-order valence-electron chi connectivity index (χ1n) is 12.8. The molecule has 0 fully saturated rings. The van der Waals surface area contributed by atoms with Crippen LogP contribution in [0.5, 0.6) is 11.5 Å². The SMILES string of the molecule is CCCCC/C=C\C/C=C\C/C=C\C/C=C\CCCC(=O)N(C)C(C)Cc1ccc(O)c(O)c1. The summed E-state index contributed by atoms with van der Waals surface area (Å²) in [5, 5.41) is 19.1. The lowest BCUT2D eigenvalue weighted by Crippen LogP contribution is -2.36. The zero-order valence-corrected chi connectivity index (χ0v) is 21.5. The van der Waals surface area contributed by atoms with Gasteiger partial charge in [-0.15, -0.1) is 0 Å². The van der Waals surface area contributed by atoms with Gasteiger partial charge < -0.3 is 15.1 Å². The average molecular weight is 468 g/mol. The van der Waals surface area contributed by atoms with Crippen molar-refractivity contribution in [3.8, 4) is 11.5 Å². The highest BCUT2D eigenvalue weighted by molar-refractivity contribution is 5.76. The number of hydrogen-bond acceptors (Lipinski definition) is 3. The van der Waals surface area contributed by atoms with E-state index in [4.69, 9.17) is 0 Å². The predicted octanol–water partition coefficient (Wildman–Crippen LogP) is 7.63. The van der Waals surface area contributed by atoms with Gasteiger partial charge in [-0.3, -0.25) is 4.79 Å². The molecular formula is C30H45NO3. The molecule has 0 bridgehead atoms. The molecule has 0 saturated heterocycles. The Morgan fingerprint density at radius 3 is 1.97 bits per heavy atom. The summed E-state index contributed by atoms with van der Waals surface area (Å²) >= 11 is 0. The van der Waals surface area contributed by atoms with Crippen molar-refractivity contribution in [3.05, 3.63) is 72.4 Å². The quantitative estimate of drug-likeness (QED) is 0.141. The van der Waals surface area contributed by atoms with Crippen LogP contribution >= 0.6 is 0 Å². The van der Waals surface area contributed by atoms with E-state index in [1.807, 2.05) is 14.0 Å². The van der Waals surface area contributed by atoms with E-state index in [9.17, 15) is 15.0 Å². The maximum Gasteiger partial charge on any atom is 0.222 e. The van der Waals surface area contributed by atoms with E-state index in [-0.39, 0.29) is 23.4 Å². The third-order valence-electron chi connectivity index (χ3n) is 5.84. The molecule has 1 unspecified atom stereocenters. The topological polar surface area (TPSA) is 60.8 Å². The average Bonchev–Trinajstić information content (AvgIpc) is 2.82. The summed E-state index contributed by atoms with van der Waals surface area (Å²) in [6.45, 7) is 4.23. The monoisotopic (exact) mass is 467 g/mol. The van der Waals surface area contributed by atoms with E-state index in [1.54, 1.807) is 17.0 Å². The molecule has 188 valence electrons. The summed E-state index contributed by atoms with van der Waals surface area (Å²) in [5.41, 5.74) is 0.892. The van der Waals surface area contributed by atoms with Gasteiger partial charge in [-0.2, -0.15) is 0 Å². The molecule has 0 aliphatic heterocycles. The normalized spacial score (nSPS) is 13.0. The van der Waals surface area contributed by atoms with Gasteiger partial charge in [0.1, 0.15) is 0 Å². The van der Waals surface area contributed by atoms with Crippen LogP contribution in [0.2, 0.25) is 0 Å². The van der Waals surface area contributed by atoms with Gasteiger partial charge in [0.15, 0.2) is 11.5 Å². The molecule has 0 radical (unpaired) electrons. The summed E-state index contributed by atoms with van der Waals surface area (Å²) in [6, 6.07) is 4.82. The van der Waals surface area contributed by atoms with Gasteiger partial charge in [0.2, 0.25) is 5.91 Å². The van der Waals surface area contributed by atoms with Crippen LogP contribution in [0.15, 0.2) is 66.8 Å². The van der Waals surface area contributed by atoms with E-state index in [0.29, 0.717) is 12.8 Å². The Kier molecular flexibility index (Phi) is 16.1. The lowest BCUT2D eigenvalue weighted by Gasteiger charge is -2.25. The highest BCUT2D eigenvalue weighted by Gasteiger charge is 2.16. The van der Waals surface area contributed by atoms with Gasteiger partial charge in [-0.05, 0) is 76.0 Å². The molecule has 0 aliphatic carbocycles. The highest BCUT2D eigenvalue weighted by atomic mass is 16.3. The first kappa shape index (κ1) is 29.3. The zero-order chi connectivity index (χ0) is 25.0. The molecule has 0 spiro atoms. The van der Waals surface area contributed by atoms with Crippen molar-refractivity contribution in [3.63, 3.8) is 0 Å². The summed E-state index contributed by atoms with van der Waals surface area (Å²) in [5.74, 6) is -0.123. The van der Waals surface area contributed by atoms with E-state index in [0.717, 1.165) is 37.7 Å². The summed E-state index contributed by atoms with van der Waals surface area (Å²) < 4.78 is 0. The fraction of sp³-hybridized carbons (Fsp3) is 0.500. The van der Waals surface area contributed by atoms with Crippen molar-refractivity contribution >= 4 is 5.91 Å². The Morgan fingerprint density at radius 2 is 1.41 bits per heavy atom. The standard InChI is InChI=1S/C30H45NO3/c1-4-5-6-7-8-9-10-11-12-13-14-15-16-17-18-19-20-21-30(34)31(3)26(2)24-27-22-23-28(32)29(33)25-27/h8-9,11-12,14-15,17-18,22-23,25-26,32-33H,4-7,10,13,16,19-21,24H2,1-3H3/b9-8-,12-11-,15-14-,18-17-. The molecule has 0 heterocycles. The van der Waals surface area contributed by atoms with Gasteiger partial charge in [0.25, 0.3) is 0 Å². The largest absolute Gasteiger partial charge is 0.504 e. The predicted molar refractivity (Wildman–Crippen MR) is 144 cm³/mol. The molecule has 1 rings (SSSR count). The van der Waals surface area contributed by atoms with Gasteiger partial charge in [-0.1, -0.05) is 74.4 Å². The van der Waals surface area contributed by atoms with Crippen molar-refractivity contribution in [2.24, 2.45) is 0 Å². The lowest BCUT2D eigenvalue weighted by molar-refractivity contribution is -0.131. The summed E-state index contributed by atoms with van der Waals surface area (Å²) in [4.78, 5) is 14.2. The molecule has 1 aromatic carbocycles. The number of allylic oxidation sites excluding steroid dienone is 8. The van der Waals surface area contributed by atoms with Crippen LogP contribution in [0.4, 0.5) is 0 Å². The zero-order valence-electron chi connectivity index (χ0n) is 21.5. The molecule has 0 saturated carbocycles. The number of carbonyl (C=O) groups excluding carboxylic acids is 1. The van der Waals surface area contributed by atoms with Crippen LogP contribution in [-0.4, -0.2) is 34.1 Å². The Hall–Kier alpha value is -2.75. The number of benzene rings is 1. The number of phenolic OH excluding ortho intramolecular Hbond substituents is 2. The van der Waals surface area contributed by atoms with Crippen molar-refractivity contribution in [2.45, 2.75) is 90.5 Å². The smallest absolute Gasteiger partial charge is 0.222 e. The third-order valence-corrected chi connectivity index (χ3v) is 5.84. The van der Waals surface area contributed by atoms with Crippen LogP contribution in [0, 0.1) is 0 Å². The van der Waals surface area contributed by atoms with E-state index >= 15 is 0 Å². The number of phenols is 2. The van der Waals surface area contributed by atoms with Crippen LogP contribution in [0.1, 0.15) is 83.6 Å². The fourth-order valence-corrected chi connectivity index (χ4v) is 3.53. The molecular weight excluding hydrogens is 422 g/mol. The fourth-order valence-electron chi connectivity index (χ4n) is 3.53. The number of unbranched alkanes of at least 4 members (excludes halogenated alkanes) is 4. The Morgan fingerprint density at radius 1 is 0.853 bits per heavy atom. The van der Waals surface area contributed by atoms with Crippen molar-refractivity contribution in [2.75, 3.05) is 7.05 Å². The van der Waals surface area contributed by atoms with Crippen LogP contribution < -0.4 is 0 Å². The van der Waals surface area contributed by atoms with E-state index < -0.39 is 0 Å². The van der Waals surface area contributed by atoms with Crippen molar-refractivity contribution in [1.82, 2.24) is 4.90 Å². The third kappa shape index (κ3) is 13.7. The minimum atomic E-state index is -0.127. The molecule has 34 heavy (non-hydrogen) atoms. The minimum Gasteiger partial charge on any atom is -0.504 e. The summed E-state index contributed by atoms with van der Waals surface area (Å²) in [7, 11) is 1.83. The number of aromatic hydroxyl groups is 2. The minimum absolute atomic E-state index is 0.0213. The number of carbonyl (C=O) groups is 1. The molecule has 2 N–H and O–H groups in total. The summed E-state index contributed by atoms with van der Waals surface area (Å²) in [6.07, 6.45) is 28.6. The van der Waals surface area contributed by atoms with Crippen molar-refractivity contribution in [1.29, 1.82) is 0 Å². The van der Waals surface area contributed by atoms with Crippen LogP contribution in [-0.2, 0) is 11.2 Å². The van der Waals surface area contributed by atoms with Gasteiger partial charge in [-0.25, -0.2) is 0 Å². The maximum atomic E-state index is 12.4. The number of rotatable bonds is 17. The molecule has 1 aromatic rings. The second-order valence-corrected chi connectivity index (χ2v) is 8.86. The molecule has 1 amide bonds. The molecule has 1 atom stereocenters. The molecule has 0 aliphatic rings. The van der Waals surface area contributed by atoms with Gasteiger partial charge >= 0.3 is 0 Å². The first-order chi connectivity index (χ1) is 16.5. The maximum absolute atomic E-state index is 12.4. The Bertz CT molecular complexity index is 807. The first-order valence-corrected chi connectivity index (χ1v) is 12.8. The van der Waals surface area contributed by atoms with Crippen LogP contribution in [0.3, 0.4) is 0 Å². The molecule has 4 heteroatoms. The molecule has 0 aromatic heterocycles. The van der Waals surface area contributed by atoms with E-state index in [1.165, 1.54) is 31.7 Å². The number of hydrogen-bond donors (Lipinski definition) is 2. The number of amides is 1. The van der Waals surface area contributed by atoms with Gasteiger partial charge in [0, 0.05) is 19.5 Å². The lowest BCUT2D eigenvalue weighted by atomic mass is 10.0.